The lowest BCUT2D eigenvalue weighted by atomic mass is 10.2. The van der Waals surface area contributed by atoms with E-state index in [0.29, 0.717) is 6.04 Å². The second-order valence-electron chi connectivity index (χ2n) is 6.60. The SMILES string of the molecule is CC(CNC1CCCC1)N1CCN(c2ccccc2)CC1.Cl. The predicted molar refractivity (Wildman–Crippen MR) is 97.2 cm³/mol. The van der Waals surface area contributed by atoms with Gasteiger partial charge in [-0.25, -0.2) is 0 Å². The van der Waals surface area contributed by atoms with Crippen molar-refractivity contribution in [1.29, 1.82) is 0 Å². The molecule has 1 aliphatic carbocycles. The Morgan fingerprint density at radius 1 is 1.05 bits per heavy atom. The first-order valence-electron chi connectivity index (χ1n) is 8.60. The zero-order valence-corrected chi connectivity index (χ0v) is 14.5. The summed E-state index contributed by atoms with van der Waals surface area (Å²) in [6.45, 7) is 8.19. The van der Waals surface area contributed by atoms with Crippen molar-refractivity contribution in [3.8, 4) is 0 Å². The summed E-state index contributed by atoms with van der Waals surface area (Å²) in [5, 5.41) is 3.77. The van der Waals surface area contributed by atoms with Crippen LogP contribution in [0.2, 0.25) is 0 Å². The Hall–Kier alpha value is -0.770. The Morgan fingerprint density at radius 3 is 2.32 bits per heavy atom. The molecular formula is C18H30ClN3. The molecule has 1 saturated heterocycles. The lowest BCUT2D eigenvalue weighted by molar-refractivity contribution is 0.189. The molecule has 124 valence electrons. The van der Waals surface area contributed by atoms with E-state index in [0.717, 1.165) is 25.7 Å². The fourth-order valence-electron chi connectivity index (χ4n) is 3.66. The van der Waals surface area contributed by atoms with E-state index in [2.05, 4.69) is 52.4 Å². The minimum absolute atomic E-state index is 0. The largest absolute Gasteiger partial charge is 0.369 e. The summed E-state index contributed by atoms with van der Waals surface area (Å²) < 4.78 is 0. The van der Waals surface area contributed by atoms with Crippen LogP contribution in [0.3, 0.4) is 0 Å². The van der Waals surface area contributed by atoms with Gasteiger partial charge in [-0.2, -0.15) is 0 Å². The lowest BCUT2D eigenvalue weighted by Gasteiger charge is -2.39. The van der Waals surface area contributed by atoms with Gasteiger partial charge in [-0.1, -0.05) is 31.0 Å². The molecule has 22 heavy (non-hydrogen) atoms. The molecule has 1 N–H and O–H groups in total. The normalized spacial score (nSPS) is 21.6. The molecule has 1 aromatic carbocycles. The van der Waals surface area contributed by atoms with Gasteiger partial charge in [-0.15, -0.1) is 12.4 Å². The van der Waals surface area contributed by atoms with Crippen LogP contribution in [-0.2, 0) is 0 Å². The smallest absolute Gasteiger partial charge is 0.0367 e. The zero-order valence-electron chi connectivity index (χ0n) is 13.7. The molecule has 1 heterocycles. The molecule has 1 unspecified atom stereocenters. The van der Waals surface area contributed by atoms with E-state index >= 15 is 0 Å². The average molecular weight is 324 g/mol. The molecule has 1 aliphatic heterocycles. The molecule has 1 saturated carbocycles. The molecule has 0 bridgehead atoms. The number of hydrogen-bond donors (Lipinski definition) is 1. The molecule has 2 fully saturated rings. The van der Waals surface area contributed by atoms with Gasteiger partial charge in [-0.3, -0.25) is 4.90 Å². The van der Waals surface area contributed by atoms with Gasteiger partial charge in [0.05, 0.1) is 0 Å². The van der Waals surface area contributed by atoms with Gasteiger partial charge in [0.15, 0.2) is 0 Å². The third-order valence-electron chi connectivity index (χ3n) is 5.12. The fourth-order valence-corrected chi connectivity index (χ4v) is 3.66. The molecule has 3 rings (SSSR count). The van der Waals surface area contributed by atoms with Crippen molar-refractivity contribution < 1.29 is 0 Å². The third kappa shape index (κ3) is 4.61. The minimum atomic E-state index is 0. The summed E-state index contributed by atoms with van der Waals surface area (Å²) in [6, 6.07) is 12.3. The standard InChI is InChI=1S/C18H29N3.ClH/c1-16(15-19-17-7-5-6-8-17)20-11-13-21(14-12-20)18-9-3-2-4-10-18;/h2-4,9-10,16-17,19H,5-8,11-15H2,1H3;1H. The molecule has 0 aromatic heterocycles. The topological polar surface area (TPSA) is 18.5 Å². The van der Waals surface area contributed by atoms with Gasteiger partial charge < -0.3 is 10.2 Å². The van der Waals surface area contributed by atoms with Crippen molar-refractivity contribution in [1.82, 2.24) is 10.2 Å². The molecule has 2 aliphatic rings. The lowest BCUT2D eigenvalue weighted by Crippen LogP contribution is -2.52. The number of nitrogens with zero attached hydrogens (tertiary/aromatic N) is 2. The second-order valence-corrected chi connectivity index (χ2v) is 6.60. The first kappa shape index (κ1) is 17.6. The Labute approximate surface area is 141 Å². The summed E-state index contributed by atoms with van der Waals surface area (Å²) in [5.41, 5.74) is 1.37. The third-order valence-corrected chi connectivity index (χ3v) is 5.12. The predicted octanol–water partition coefficient (Wildman–Crippen LogP) is 3.15. The highest BCUT2D eigenvalue weighted by molar-refractivity contribution is 5.85. The van der Waals surface area contributed by atoms with Crippen molar-refractivity contribution in [3.63, 3.8) is 0 Å². The van der Waals surface area contributed by atoms with Crippen molar-refractivity contribution in [2.24, 2.45) is 0 Å². The Morgan fingerprint density at radius 2 is 1.68 bits per heavy atom. The number of nitrogens with one attached hydrogen (secondary N) is 1. The van der Waals surface area contributed by atoms with Gasteiger partial charge in [0.2, 0.25) is 0 Å². The van der Waals surface area contributed by atoms with E-state index in [1.165, 1.54) is 44.5 Å². The molecule has 1 aromatic rings. The van der Waals surface area contributed by atoms with E-state index in [4.69, 9.17) is 0 Å². The number of rotatable bonds is 5. The number of anilines is 1. The zero-order chi connectivity index (χ0) is 14.5. The van der Waals surface area contributed by atoms with Crippen LogP contribution in [0.25, 0.3) is 0 Å². The Kier molecular flexibility index (Phi) is 7.00. The van der Waals surface area contributed by atoms with E-state index in [-0.39, 0.29) is 12.4 Å². The van der Waals surface area contributed by atoms with E-state index in [1.807, 2.05) is 0 Å². The summed E-state index contributed by atoms with van der Waals surface area (Å²) >= 11 is 0. The number of para-hydroxylation sites is 1. The second kappa shape index (κ2) is 8.76. The van der Waals surface area contributed by atoms with Crippen LogP contribution < -0.4 is 10.2 Å². The number of halogens is 1. The van der Waals surface area contributed by atoms with Crippen LogP contribution in [0, 0.1) is 0 Å². The fraction of sp³-hybridized carbons (Fsp3) is 0.667. The average Bonchev–Trinajstić information content (AvgIpc) is 3.07. The minimum Gasteiger partial charge on any atom is -0.369 e. The maximum Gasteiger partial charge on any atom is 0.0367 e. The van der Waals surface area contributed by atoms with Crippen molar-refractivity contribution >= 4 is 18.1 Å². The van der Waals surface area contributed by atoms with E-state index in [9.17, 15) is 0 Å². The highest BCUT2D eigenvalue weighted by atomic mass is 35.5. The van der Waals surface area contributed by atoms with Gasteiger partial charge in [0, 0.05) is 50.5 Å². The highest BCUT2D eigenvalue weighted by Crippen LogP contribution is 2.19. The van der Waals surface area contributed by atoms with Gasteiger partial charge >= 0.3 is 0 Å². The van der Waals surface area contributed by atoms with Crippen LogP contribution in [0.5, 0.6) is 0 Å². The van der Waals surface area contributed by atoms with Gasteiger partial charge in [-0.05, 0) is 31.9 Å². The van der Waals surface area contributed by atoms with Crippen LogP contribution in [-0.4, -0.2) is 49.7 Å². The first-order chi connectivity index (χ1) is 10.3. The van der Waals surface area contributed by atoms with E-state index < -0.39 is 0 Å². The summed E-state index contributed by atoms with van der Waals surface area (Å²) in [7, 11) is 0. The molecule has 4 heteroatoms. The maximum absolute atomic E-state index is 3.77. The summed E-state index contributed by atoms with van der Waals surface area (Å²) in [4.78, 5) is 5.15. The number of hydrogen-bond acceptors (Lipinski definition) is 3. The highest BCUT2D eigenvalue weighted by Gasteiger charge is 2.22. The van der Waals surface area contributed by atoms with Crippen LogP contribution in [0.4, 0.5) is 5.69 Å². The molecule has 1 atom stereocenters. The van der Waals surface area contributed by atoms with Crippen molar-refractivity contribution in [2.75, 3.05) is 37.6 Å². The Bertz CT molecular complexity index is 412. The van der Waals surface area contributed by atoms with Crippen LogP contribution in [0.1, 0.15) is 32.6 Å². The van der Waals surface area contributed by atoms with Crippen LogP contribution in [0.15, 0.2) is 30.3 Å². The van der Waals surface area contributed by atoms with Crippen molar-refractivity contribution in [2.45, 2.75) is 44.7 Å². The summed E-state index contributed by atoms with van der Waals surface area (Å²) in [6.07, 6.45) is 5.60. The molecular weight excluding hydrogens is 294 g/mol. The van der Waals surface area contributed by atoms with Crippen LogP contribution >= 0.6 is 12.4 Å². The van der Waals surface area contributed by atoms with Gasteiger partial charge in [0.25, 0.3) is 0 Å². The quantitative estimate of drug-likeness (QED) is 0.898. The number of benzene rings is 1. The monoisotopic (exact) mass is 323 g/mol. The maximum atomic E-state index is 3.77. The van der Waals surface area contributed by atoms with Gasteiger partial charge in [0.1, 0.15) is 0 Å². The number of piperazine rings is 1. The molecule has 0 amide bonds. The van der Waals surface area contributed by atoms with E-state index in [1.54, 1.807) is 0 Å². The summed E-state index contributed by atoms with van der Waals surface area (Å²) in [5.74, 6) is 0. The first-order valence-corrected chi connectivity index (χ1v) is 8.60. The molecule has 0 radical (unpaired) electrons. The molecule has 3 nitrogen and oxygen atoms in total. The van der Waals surface area contributed by atoms with Crippen molar-refractivity contribution in [3.05, 3.63) is 30.3 Å². The Balaban J connectivity index is 0.00000176. The molecule has 0 spiro atoms.